The first kappa shape index (κ1) is 21.4. The Balaban J connectivity index is 1.55. The van der Waals surface area contributed by atoms with Crippen LogP contribution in [-0.2, 0) is 22.6 Å². The molecule has 2 aromatic rings. The summed E-state index contributed by atoms with van der Waals surface area (Å²) in [6, 6.07) is 7.23. The van der Waals surface area contributed by atoms with Gasteiger partial charge >= 0.3 is 6.18 Å². The summed E-state index contributed by atoms with van der Waals surface area (Å²) >= 11 is 0. The lowest BCUT2D eigenvalue weighted by Gasteiger charge is -2.24. The van der Waals surface area contributed by atoms with Crippen molar-refractivity contribution >= 4 is 15.9 Å². The number of nitrogens with one attached hydrogen (secondary N) is 1. The standard InChI is InChI=1S/C19H21F3N2O4S/c20-19(21,22)15-6-4-14(5-7-15)10-11-23-18(25)16-8-9-17(28-16)29(26,27)24-12-2-1-3-13-24/h4-9H,1-3,10-13H2,(H,23,25). The maximum Gasteiger partial charge on any atom is 0.416 e. The Morgan fingerprint density at radius 2 is 1.69 bits per heavy atom. The highest BCUT2D eigenvalue weighted by atomic mass is 32.2. The minimum absolute atomic E-state index is 0.131. The molecule has 0 saturated carbocycles. The van der Waals surface area contributed by atoms with Gasteiger partial charge in [-0.15, -0.1) is 0 Å². The van der Waals surface area contributed by atoms with Crippen molar-refractivity contribution in [3.63, 3.8) is 0 Å². The van der Waals surface area contributed by atoms with Gasteiger partial charge in [0.05, 0.1) is 5.56 Å². The van der Waals surface area contributed by atoms with Gasteiger partial charge in [-0.05, 0) is 49.1 Å². The number of carbonyl (C=O) groups is 1. The largest absolute Gasteiger partial charge is 0.438 e. The number of hydrogen-bond donors (Lipinski definition) is 1. The average Bonchev–Trinajstić information content (AvgIpc) is 3.19. The van der Waals surface area contributed by atoms with Crippen LogP contribution < -0.4 is 5.32 Å². The van der Waals surface area contributed by atoms with E-state index < -0.39 is 27.7 Å². The van der Waals surface area contributed by atoms with Gasteiger partial charge in [0.15, 0.2) is 5.76 Å². The van der Waals surface area contributed by atoms with Crippen LogP contribution in [0.5, 0.6) is 0 Å². The van der Waals surface area contributed by atoms with E-state index in [4.69, 9.17) is 4.42 Å². The Bertz CT molecular complexity index is 947. The number of benzene rings is 1. The van der Waals surface area contributed by atoms with Crippen LogP contribution in [0.15, 0.2) is 45.9 Å². The number of amides is 1. The summed E-state index contributed by atoms with van der Waals surface area (Å²) in [6.07, 6.45) is -1.51. The van der Waals surface area contributed by atoms with Crippen LogP contribution in [0.1, 0.15) is 40.9 Å². The van der Waals surface area contributed by atoms with Crippen LogP contribution >= 0.6 is 0 Å². The number of piperidine rings is 1. The predicted octanol–water partition coefficient (Wildman–Crippen LogP) is 3.45. The highest BCUT2D eigenvalue weighted by Crippen LogP contribution is 2.29. The number of sulfonamides is 1. The van der Waals surface area contributed by atoms with Crippen LogP contribution in [0.4, 0.5) is 13.2 Å². The molecule has 1 aromatic carbocycles. The summed E-state index contributed by atoms with van der Waals surface area (Å²) in [5, 5.41) is 2.30. The number of halogens is 3. The van der Waals surface area contributed by atoms with Gasteiger partial charge < -0.3 is 9.73 Å². The minimum atomic E-state index is -4.39. The number of carbonyl (C=O) groups excluding carboxylic acids is 1. The quantitative estimate of drug-likeness (QED) is 0.761. The molecule has 1 saturated heterocycles. The van der Waals surface area contributed by atoms with Gasteiger partial charge in [0.2, 0.25) is 5.09 Å². The van der Waals surface area contributed by atoms with Crippen LogP contribution in [0.25, 0.3) is 0 Å². The first-order chi connectivity index (χ1) is 13.7. The molecule has 1 amide bonds. The van der Waals surface area contributed by atoms with Crippen molar-refractivity contribution in [2.75, 3.05) is 19.6 Å². The summed E-state index contributed by atoms with van der Waals surface area (Å²) in [5.41, 5.74) is -0.102. The molecular formula is C19H21F3N2O4S. The zero-order valence-corrected chi connectivity index (χ0v) is 16.4. The first-order valence-electron chi connectivity index (χ1n) is 9.22. The smallest absolute Gasteiger partial charge is 0.416 e. The molecule has 0 aliphatic carbocycles. The van der Waals surface area contributed by atoms with E-state index >= 15 is 0 Å². The Hall–Kier alpha value is -2.33. The fraction of sp³-hybridized carbons (Fsp3) is 0.421. The first-order valence-corrected chi connectivity index (χ1v) is 10.7. The van der Waals surface area contributed by atoms with E-state index in [1.807, 2.05) is 0 Å². The monoisotopic (exact) mass is 430 g/mol. The summed E-state index contributed by atoms with van der Waals surface area (Å²) in [5.74, 6) is -0.718. The second-order valence-electron chi connectivity index (χ2n) is 6.78. The maximum atomic E-state index is 12.6. The molecule has 3 rings (SSSR count). The van der Waals surface area contributed by atoms with Crippen molar-refractivity contribution < 1.29 is 30.8 Å². The fourth-order valence-electron chi connectivity index (χ4n) is 3.08. The van der Waals surface area contributed by atoms with Crippen LogP contribution in [0.2, 0.25) is 0 Å². The Morgan fingerprint density at radius 1 is 1.03 bits per heavy atom. The molecule has 1 aliphatic heterocycles. The van der Waals surface area contributed by atoms with Crippen molar-refractivity contribution in [2.45, 2.75) is 37.0 Å². The minimum Gasteiger partial charge on any atom is -0.438 e. The molecule has 29 heavy (non-hydrogen) atoms. The maximum absolute atomic E-state index is 12.6. The Labute approximate surface area is 166 Å². The highest BCUT2D eigenvalue weighted by Gasteiger charge is 2.30. The SMILES string of the molecule is O=C(NCCc1ccc(C(F)(F)F)cc1)c1ccc(S(=O)(=O)N2CCCCC2)o1. The van der Waals surface area contributed by atoms with Gasteiger partial charge in [0.1, 0.15) is 0 Å². The topological polar surface area (TPSA) is 79.6 Å². The normalized spacial score (nSPS) is 16.0. The Morgan fingerprint density at radius 3 is 2.31 bits per heavy atom. The lowest BCUT2D eigenvalue weighted by molar-refractivity contribution is -0.137. The van der Waals surface area contributed by atoms with E-state index in [-0.39, 0.29) is 17.4 Å². The third kappa shape index (κ3) is 5.18. The molecule has 1 N–H and O–H groups in total. The van der Waals surface area contributed by atoms with Gasteiger partial charge in [-0.2, -0.15) is 17.5 Å². The molecule has 2 heterocycles. The molecule has 158 valence electrons. The Kier molecular flexibility index (Phi) is 6.33. The zero-order chi connectivity index (χ0) is 21.1. The molecule has 0 radical (unpaired) electrons. The molecule has 1 aromatic heterocycles. The lowest BCUT2D eigenvalue weighted by atomic mass is 10.1. The average molecular weight is 430 g/mol. The van der Waals surface area contributed by atoms with Crippen molar-refractivity contribution in [1.29, 1.82) is 0 Å². The van der Waals surface area contributed by atoms with Gasteiger partial charge in [0.25, 0.3) is 15.9 Å². The predicted molar refractivity (Wildman–Crippen MR) is 98.8 cm³/mol. The molecule has 0 bridgehead atoms. The number of furan rings is 1. The summed E-state index contributed by atoms with van der Waals surface area (Å²) in [4.78, 5) is 12.2. The van der Waals surface area contributed by atoms with E-state index in [9.17, 15) is 26.4 Å². The number of alkyl halides is 3. The van der Waals surface area contributed by atoms with Crippen molar-refractivity contribution in [3.05, 3.63) is 53.3 Å². The molecule has 1 aliphatic rings. The third-order valence-electron chi connectivity index (χ3n) is 4.69. The van der Waals surface area contributed by atoms with Gasteiger partial charge in [-0.25, -0.2) is 8.42 Å². The fourth-order valence-corrected chi connectivity index (χ4v) is 4.51. The number of rotatable bonds is 6. The van der Waals surface area contributed by atoms with Crippen molar-refractivity contribution in [2.24, 2.45) is 0 Å². The molecule has 0 spiro atoms. The van der Waals surface area contributed by atoms with Gasteiger partial charge in [-0.3, -0.25) is 4.79 Å². The third-order valence-corrected chi connectivity index (χ3v) is 6.47. The second-order valence-corrected chi connectivity index (χ2v) is 8.65. The number of hydrogen-bond acceptors (Lipinski definition) is 4. The van der Waals surface area contributed by atoms with E-state index in [0.717, 1.165) is 31.4 Å². The lowest BCUT2D eigenvalue weighted by Crippen LogP contribution is -2.35. The summed E-state index contributed by atoms with van der Waals surface area (Å²) in [7, 11) is -3.76. The van der Waals surface area contributed by atoms with E-state index in [1.54, 1.807) is 0 Å². The van der Waals surface area contributed by atoms with Crippen LogP contribution in [0, 0.1) is 0 Å². The van der Waals surface area contributed by atoms with Crippen molar-refractivity contribution in [1.82, 2.24) is 9.62 Å². The van der Waals surface area contributed by atoms with Gasteiger partial charge in [-0.1, -0.05) is 18.6 Å². The van der Waals surface area contributed by atoms with Gasteiger partial charge in [0, 0.05) is 19.6 Å². The molecule has 10 heteroatoms. The van der Waals surface area contributed by atoms with Crippen LogP contribution in [0.3, 0.4) is 0 Å². The summed E-state index contributed by atoms with van der Waals surface area (Å²) in [6.45, 7) is 1.02. The summed E-state index contributed by atoms with van der Waals surface area (Å²) < 4.78 is 69.4. The molecule has 0 unspecified atom stereocenters. The molecule has 0 atom stereocenters. The zero-order valence-electron chi connectivity index (χ0n) is 15.5. The molecule has 6 nitrogen and oxygen atoms in total. The van der Waals surface area contributed by atoms with E-state index in [1.165, 1.54) is 28.6 Å². The molecular weight excluding hydrogens is 409 g/mol. The molecule has 1 fully saturated rings. The van der Waals surface area contributed by atoms with E-state index in [2.05, 4.69) is 5.32 Å². The highest BCUT2D eigenvalue weighted by molar-refractivity contribution is 7.89. The van der Waals surface area contributed by atoms with Crippen molar-refractivity contribution in [3.8, 4) is 0 Å². The van der Waals surface area contributed by atoms with Crippen LogP contribution in [-0.4, -0.2) is 38.3 Å². The van der Waals surface area contributed by atoms with E-state index in [0.29, 0.717) is 25.1 Å². The number of nitrogens with zero attached hydrogens (tertiary/aromatic N) is 1. The second kappa shape index (κ2) is 8.58.